The van der Waals surface area contributed by atoms with Gasteiger partial charge in [-0.3, -0.25) is 14.7 Å². The Bertz CT molecular complexity index is 1200. The highest BCUT2D eigenvalue weighted by Crippen LogP contribution is 2.41. The fourth-order valence-corrected chi connectivity index (χ4v) is 5.88. The molecule has 0 bridgehead atoms. The van der Waals surface area contributed by atoms with Gasteiger partial charge >= 0.3 is 0 Å². The number of alkyl halides is 1. The Kier molecular flexibility index (Phi) is 6.46. The first-order chi connectivity index (χ1) is 18.0. The number of hydrogen-bond donors (Lipinski definition) is 1. The van der Waals surface area contributed by atoms with E-state index in [4.69, 9.17) is 14.5 Å². The van der Waals surface area contributed by atoms with Crippen molar-refractivity contribution in [1.29, 1.82) is 0 Å². The third kappa shape index (κ3) is 4.53. The summed E-state index contributed by atoms with van der Waals surface area (Å²) >= 11 is 0. The first-order valence-electron chi connectivity index (χ1n) is 13.0. The van der Waals surface area contributed by atoms with Gasteiger partial charge in [0.2, 0.25) is 5.91 Å². The molecular formula is C27H33FN6O3. The lowest BCUT2D eigenvalue weighted by Crippen LogP contribution is -2.59. The Morgan fingerprint density at radius 3 is 2.81 bits per heavy atom. The summed E-state index contributed by atoms with van der Waals surface area (Å²) in [4.78, 5) is 27.4. The van der Waals surface area contributed by atoms with E-state index < -0.39 is 6.17 Å². The molecule has 3 fully saturated rings. The van der Waals surface area contributed by atoms with Gasteiger partial charge in [0.15, 0.2) is 5.75 Å². The molecule has 4 aliphatic heterocycles. The van der Waals surface area contributed by atoms with Crippen LogP contribution < -0.4 is 15.0 Å². The zero-order valence-electron chi connectivity index (χ0n) is 21.2. The van der Waals surface area contributed by atoms with Gasteiger partial charge in [0, 0.05) is 62.3 Å². The zero-order chi connectivity index (χ0) is 25.5. The number of rotatable bonds is 4. The van der Waals surface area contributed by atoms with E-state index >= 15 is 0 Å². The summed E-state index contributed by atoms with van der Waals surface area (Å²) in [5, 5.41) is 3.52. The summed E-state index contributed by atoms with van der Waals surface area (Å²) < 4.78 is 26.7. The molecule has 2 atom stereocenters. The number of carbonyl (C=O) groups is 1. The quantitative estimate of drug-likeness (QED) is 0.632. The summed E-state index contributed by atoms with van der Waals surface area (Å²) in [7, 11) is 0. The van der Waals surface area contributed by atoms with Gasteiger partial charge in [0.05, 0.1) is 36.7 Å². The van der Waals surface area contributed by atoms with Crippen LogP contribution in [-0.4, -0.2) is 90.4 Å². The van der Waals surface area contributed by atoms with Gasteiger partial charge in [-0.15, -0.1) is 0 Å². The second kappa shape index (κ2) is 9.90. The minimum Gasteiger partial charge on any atom is -0.485 e. The van der Waals surface area contributed by atoms with E-state index in [0.717, 1.165) is 66.1 Å². The molecule has 0 saturated carbocycles. The van der Waals surface area contributed by atoms with Crippen LogP contribution >= 0.6 is 0 Å². The Balaban J connectivity index is 1.16. The number of morpholine rings is 1. The van der Waals surface area contributed by atoms with Crippen LogP contribution in [0.25, 0.3) is 0 Å². The number of hydrogen-bond acceptors (Lipinski definition) is 8. The molecule has 10 heteroatoms. The van der Waals surface area contributed by atoms with E-state index in [2.05, 4.69) is 32.7 Å². The molecule has 9 nitrogen and oxygen atoms in total. The number of aromatic nitrogens is 2. The van der Waals surface area contributed by atoms with Crippen LogP contribution in [0.3, 0.4) is 0 Å². The van der Waals surface area contributed by atoms with Gasteiger partial charge in [-0.25, -0.2) is 9.37 Å². The molecule has 196 valence electrons. The van der Waals surface area contributed by atoms with Crippen molar-refractivity contribution in [1.82, 2.24) is 19.8 Å². The van der Waals surface area contributed by atoms with Crippen molar-refractivity contribution in [2.45, 2.75) is 38.1 Å². The molecule has 1 amide bonds. The highest BCUT2D eigenvalue weighted by atomic mass is 19.1. The first-order valence-corrected chi connectivity index (χ1v) is 13.0. The summed E-state index contributed by atoms with van der Waals surface area (Å²) in [5.41, 5.74) is 4.83. The van der Waals surface area contributed by atoms with E-state index in [1.807, 2.05) is 19.2 Å². The number of nitrogens with zero attached hydrogens (tertiary/aromatic N) is 5. The third-order valence-electron chi connectivity index (χ3n) is 7.95. The summed E-state index contributed by atoms with van der Waals surface area (Å²) in [5.74, 6) is 1.57. The molecule has 6 heterocycles. The Morgan fingerprint density at radius 2 is 2.05 bits per heavy atom. The van der Waals surface area contributed by atoms with Crippen molar-refractivity contribution in [3.05, 3.63) is 47.9 Å². The molecule has 37 heavy (non-hydrogen) atoms. The lowest BCUT2D eigenvalue weighted by molar-refractivity contribution is -0.130. The highest BCUT2D eigenvalue weighted by Gasteiger charge is 2.41. The SMILES string of the molecule is C=CC(=O)N1CC[C@@H](N2CC(c3cc4c(c(C)n3)OCc3c(N5CCOCC5)ccnc3N4)C2)[C@H](F)C1. The maximum Gasteiger partial charge on any atom is 0.246 e. The number of piperidine rings is 1. The van der Waals surface area contributed by atoms with Crippen molar-refractivity contribution >= 4 is 23.1 Å². The molecule has 2 aromatic rings. The number of fused-ring (bicyclic) bond motifs is 2. The maximum absolute atomic E-state index is 14.9. The van der Waals surface area contributed by atoms with Crippen LogP contribution in [0.2, 0.25) is 0 Å². The van der Waals surface area contributed by atoms with Gasteiger partial charge in [-0.1, -0.05) is 6.58 Å². The van der Waals surface area contributed by atoms with Crippen molar-refractivity contribution in [3.63, 3.8) is 0 Å². The summed E-state index contributed by atoms with van der Waals surface area (Å²) in [6.07, 6.45) is 2.67. The van der Waals surface area contributed by atoms with Gasteiger partial charge in [0.25, 0.3) is 0 Å². The van der Waals surface area contributed by atoms with Crippen LogP contribution in [0.4, 0.5) is 21.6 Å². The molecular weight excluding hydrogens is 475 g/mol. The van der Waals surface area contributed by atoms with Gasteiger partial charge in [-0.2, -0.15) is 0 Å². The zero-order valence-corrected chi connectivity index (χ0v) is 21.2. The lowest BCUT2D eigenvalue weighted by Gasteiger charge is -2.48. The number of pyridine rings is 2. The van der Waals surface area contributed by atoms with Crippen molar-refractivity contribution in [3.8, 4) is 5.75 Å². The standard InChI is InChI=1S/C27H33FN6O3/c1-3-25(35)33-7-5-24(20(28)15-33)34-13-18(14-34)21-12-22-26(17(2)30-21)37-16-19-23(4-6-29-27(19)31-22)32-8-10-36-11-9-32/h3-4,6,12,18,20,24H,1,5,7-11,13-16H2,2H3,(H,29,31)/t20-,24-/m1/s1. The predicted molar refractivity (Wildman–Crippen MR) is 138 cm³/mol. The average Bonchev–Trinajstić information content (AvgIpc) is 3.08. The average molecular weight is 509 g/mol. The smallest absolute Gasteiger partial charge is 0.246 e. The monoisotopic (exact) mass is 508 g/mol. The molecule has 0 spiro atoms. The second-order valence-corrected chi connectivity index (χ2v) is 10.2. The molecule has 0 aliphatic carbocycles. The molecule has 2 aromatic heterocycles. The Morgan fingerprint density at radius 1 is 1.24 bits per heavy atom. The molecule has 1 N–H and O–H groups in total. The molecule has 3 saturated heterocycles. The topological polar surface area (TPSA) is 83.1 Å². The van der Waals surface area contributed by atoms with Gasteiger partial charge in [0.1, 0.15) is 18.6 Å². The predicted octanol–water partition coefficient (Wildman–Crippen LogP) is 2.78. The van der Waals surface area contributed by atoms with E-state index in [0.29, 0.717) is 32.8 Å². The Hall–Kier alpha value is -3.24. The number of anilines is 3. The van der Waals surface area contributed by atoms with Crippen LogP contribution in [0.1, 0.15) is 29.3 Å². The largest absolute Gasteiger partial charge is 0.485 e. The minimum atomic E-state index is -1.06. The molecule has 0 aromatic carbocycles. The first kappa shape index (κ1) is 24.1. The minimum absolute atomic E-state index is 0.132. The van der Waals surface area contributed by atoms with Crippen LogP contribution in [0, 0.1) is 6.92 Å². The number of carbonyl (C=O) groups excluding carboxylic acids is 1. The summed E-state index contributed by atoms with van der Waals surface area (Å²) in [6, 6.07) is 3.93. The van der Waals surface area contributed by atoms with Crippen LogP contribution in [-0.2, 0) is 16.1 Å². The number of halogens is 1. The molecule has 6 rings (SSSR count). The number of aryl methyl sites for hydroxylation is 1. The molecule has 4 aliphatic rings. The van der Waals surface area contributed by atoms with Gasteiger partial charge < -0.3 is 24.6 Å². The molecule has 0 radical (unpaired) electrons. The number of likely N-dealkylation sites (tertiary alicyclic amines) is 2. The third-order valence-corrected chi connectivity index (χ3v) is 7.95. The lowest BCUT2D eigenvalue weighted by atomic mass is 9.89. The molecule has 0 unspecified atom stereocenters. The Labute approximate surface area is 216 Å². The van der Waals surface area contributed by atoms with Crippen molar-refractivity contribution < 1.29 is 18.7 Å². The second-order valence-electron chi connectivity index (χ2n) is 10.2. The van der Waals surface area contributed by atoms with E-state index in [9.17, 15) is 9.18 Å². The fraction of sp³-hybridized carbons (Fsp3) is 0.519. The normalized spacial score (nSPS) is 24.2. The summed E-state index contributed by atoms with van der Waals surface area (Å²) in [6.45, 7) is 11.2. The highest BCUT2D eigenvalue weighted by molar-refractivity contribution is 5.87. The van der Waals surface area contributed by atoms with E-state index in [1.54, 1.807) is 4.90 Å². The van der Waals surface area contributed by atoms with E-state index in [-0.39, 0.29) is 24.4 Å². The van der Waals surface area contributed by atoms with Gasteiger partial charge in [-0.05, 0) is 31.6 Å². The van der Waals surface area contributed by atoms with Crippen molar-refractivity contribution in [2.24, 2.45) is 0 Å². The number of amides is 1. The number of ether oxygens (including phenoxy) is 2. The maximum atomic E-state index is 14.9. The van der Waals surface area contributed by atoms with Crippen LogP contribution in [0.15, 0.2) is 31.0 Å². The van der Waals surface area contributed by atoms with E-state index in [1.165, 1.54) is 6.08 Å². The number of nitrogens with one attached hydrogen (secondary N) is 1. The fourth-order valence-electron chi connectivity index (χ4n) is 5.88. The van der Waals surface area contributed by atoms with Crippen LogP contribution in [0.5, 0.6) is 5.75 Å². The van der Waals surface area contributed by atoms with Crippen molar-refractivity contribution in [2.75, 3.05) is 62.7 Å².